The molecule has 0 saturated heterocycles. The van der Waals surface area contributed by atoms with E-state index >= 15 is 0 Å². The molecule has 1 rings (SSSR count). The van der Waals surface area contributed by atoms with Gasteiger partial charge in [-0.3, -0.25) is 0 Å². The summed E-state index contributed by atoms with van der Waals surface area (Å²) in [5.74, 6) is 0.864. The van der Waals surface area contributed by atoms with Gasteiger partial charge in [-0.25, -0.2) is 0 Å². The van der Waals surface area contributed by atoms with Crippen LogP contribution in [0.2, 0.25) is 0 Å². The zero-order chi connectivity index (χ0) is 10.6. The fraction of sp³-hybridized carbons (Fsp3) is 0.273. The van der Waals surface area contributed by atoms with Crippen LogP contribution in [-0.4, -0.2) is 6.61 Å². The number of rotatable bonds is 3. The molecule has 0 aliphatic rings. The van der Waals surface area contributed by atoms with Crippen molar-refractivity contribution in [3.63, 3.8) is 0 Å². The Bertz CT molecular complexity index is 347. The summed E-state index contributed by atoms with van der Waals surface area (Å²) in [7, 11) is 0. The molecule has 1 nitrogen and oxygen atoms in total. The molecule has 1 aromatic carbocycles. The summed E-state index contributed by atoms with van der Waals surface area (Å²) in [5, 5.41) is 0. The van der Waals surface area contributed by atoms with Crippen LogP contribution in [0.3, 0.4) is 0 Å². The van der Waals surface area contributed by atoms with Crippen molar-refractivity contribution in [2.45, 2.75) is 13.8 Å². The highest BCUT2D eigenvalue weighted by molar-refractivity contribution is 9.10. The minimum absolute atomic E-state index is 0.532. The third kappa shape index (κ3) is 3.35. The van der Waals surface area contributed by atoms with Gasteiger partial charge in [0.25, 0.3) is 0 Å². The summed E-state index contributed by atoms with van der Waals surface area (Å²) in [6.45, 7) is 4.49. The molecule has 3 heteroatoms. The highest BCUT2D eigenvalue weighted by Crippen LogP contribution is 2.21. The summed E-state index contributed by atoms with van der Waals surface area (Å²) in [6.07, 6.45) is 0. The molecule has 0 N–H and O–H groups in total. The van der Waals surface area contributed by atoms with E-state index < -0.39 is 0 Å². The molecule has 0 atom stereocenters. The molecule has 14 heavy (non-hydrogen) atoms. The molecule has 0 aromatic heterocycles. The zero-order valence-corrected chi connectivity index (χ0v) is 10.5. The van der Waals surface area contributed by atoms with Gasteiger partial charge in [-0.15, -0.1) is 0 Å². The summed E-state index contributed by atoms with van der Waals surface area (Å²) in [5.41, 5.74) is 3.70. The molecule has 0 fully saturated rings. The van der Waals surface area contributed by atoms with Crippen molar-refractivity contribution in [3.05, 3.63) is 39.3 Å². The van der Waals surface area contributed by atoms with Gasteiger partial charge in [0, 0.05) is 10.0 Å². The average molecular weight is 276 g/mol. The first-order valence-electron chi connectivity index (χ1n) is 4.28. The van der Waals surface area contributed by atoms with Gasteiger partial charge >= 0.3 is 0 Å². The minimum atomic E-state index is 0.532. The molecule has 0 spiro atoms. The maximum Gasteiger partial charge on any atom is 0.120 e. The Hall–Kier alpha value is -0.470. The number of hydrogen-bond donors (Lipinski definition) is 0. The lowest BCUT2D eigenvalue weighted by atomic mass is 10.2. The number of hydrogen-bond acceptors (Lipinski definition) is 1. The second-order valence-electron chi connectivity index (χ2n) is 3.16. The molecule has 0 aliphatic heterocycles. The lowest BCUT2D eigenvalue weighted by Crippen LogP contribution is -1.98. The average Bonchev–Trinajstić information content (AvgIpc) is 2.19. The van der Waals surface area contributed by atoms with Crippen molar-refractivity contribution >= 4 is 27.5 Å². The summed E-state index contributed by atoms with van der Waals surface area (Å²) >= 11 is 8.96. The molecule has 0 saturated carbocycles. The normalized spacial score (nSPS) is 11.6. The minimum Gasteiger partial charge on any atom is -0.489 e. The fourth-order valence-electron chi connectivity index (χ4n) is 0.936. The lowest BCUT2D eigenvalue weighted by molar-refractivity contribution is 0.352. The number of aryl methyl sites for hydroxylation is 1. The summed E-state index contributed by atoms with van der Waals surface area (Å²) in [6, 6.07) is 5.90. The topological polar surface area (TPSA) is 9.23 Å². The second-order valence-corrected chi connectivity index (χ2v) is 4.23. The van der Waals surface area contributed by atoms with E-state index in [1.807, 2.05) is 32.0 Å². The molecular weight excluding hydrogens is 263 g/mol. The Kier molecular flexibility index (Phi) is 4.49. The highest BCUT2D eigenvalue weighted by Gasteiger charge is 1.98. The van der Waals surface area contributed by atoms with Crippen molar-refractivity contribution in [1.82, 2.24) is 0 Å². The number of benzene rings is 1. The molecule has 0 unspecified atom stereocenters. The van der Waals surface area contributed by atoms with Crippen LogP contribution >= 0.6 is 27.5 Å². The summed E-state index contributed by atoms with van der Waals surface area (Å²) in [4.78, 5) is 0. The van der Waals surface area contributed by atoms with E-state index in [9.17, 15) is 0 Å². The first-order valence-corrected chi connectivity index (χ1v) is 5.51. The van der Waals surface area contributed by atoms with Gasteiger partial charge < -0.3 is 4.74 Å². The smallest absolute Gasteiger partial charge is 0.120 e. The fourth-order valence-corrected chi connectivity index (χ4v) is 1.25. The monoisotopic (exact) mass is 274 g/mol. The molecule has 0 radical (unpaired) electrons. The second kappa shape index (κ2) is 5.42. The first-order chi connectivity index (χ1) is 6.63. The highest BCUT2D eigenvalue weighted by atomic mass is 79.9. The van der Waals surface area contributed by atoms with Crippen LogP contribution in [0.15, 0.2) is 33.8 Å². The largest absolute Gasteiger partial charge is 0.489 e. The Morgan fingerprint density at radius 1 is 1.57 bits per heavy atom. The van der Waals surface area contributed by atoms with E-state index in [-0.39, 0.29) is 0 Å². The van der Waals surface area contributed by atoms with Gasteiger partial charge in [0.15, 0.2) is 0 Å². The third-order valence-corrected chi connectivity index (χ3v) is 3.04. The Labute approximate surface area is 97.9 Å². The standard InChI is InChI=1S/C11H12BrClO/c1-8(6-13)7-14-10-3-4-11(12)9(2)5-10/h3-6H,7H2,1-2H3/b8-6-. The molecule has 0 amide bonds. The predicted molar refractivity (Wildman–Crippen MR) is 64.0 cm³/mol. The van der Waals surface area contributed by atoms with E-state index in [2.05, 4.69) is 15.9 Å². The van der Waals surface area contributed by atoms with Gasteiger partial charge in [-0.1, -0.05) is 27.5 Å². The van der Waals surface area contributed by atoms with Gasteiger partial charge in [0.05, 0.1) is 0 Å². The van der Waals surface area contributed by atoms with E-state index in [0.29, 0.717) is 6.61 Å². The van der Waals surface area contributed by atoms with Crippen LogP contribution < -0.4 is 4.74 Å². The van der Waals surface area contributed by atoms with E-state index in [4.69, 9.17) is 16.3 Å². The van der Waals surface area contributed by atoms with Crippen LogP contribution in [0.1, 0.15) is 12.5 Å². The van der Waals surface area contributed by atoms with E-state index in [1.54, 1.807) is 0 Å². The Morgan fingerprint density at radius 3 is 2.86 bits per heavy atom. The van der Waals surface area contributed by atoms with Crippen LogP contribution in [-0.2, 0) is 0 Å². The Balaban J connectivity index is 2.64. The van der Waals surface area contributed by atoms with Gasteiger partial charge in [0.1, 0.15) is 12.4 Å². The lowest BCUT2D eigenvalue weighted by Gasteiger charge is -2.07. The van der Waals surface area contributed by atoms with Crippen molar-refractivity contribution in [1.29, 1.82) is 0 Å². The quantitative estimate of drug-likeness (QED) is 0.800. The van der Waals surface area contributed by atoms with Gasteiger partial charge in [-0.05, 0) is 43.2 Å². The molecule has 1 aromatic rings. The maximum atomic E-state index is 5.53. The van der Waals surface area contributed by atoms with Crippen molar-refractivity contribution < 1.29 is 4.74 Å². The first kappa shape index (κ1) is 11.6. The number of ether oxygens (including phenoxy) is 1. The number of halogens is 2. The van der Waals surface area contributed by atoms with E-state index in [1.165, 1.54) is 5.54 Å². The zero-order valence-electron chi connectivity index (χ0n) is 8.18. The molecule has 0 heterocycles. The predicted octanol–water partition coefficient (Wildman–Crippen LogP) is 4.28. The third-order valence-electron chi connectivity index (χ3n) is 1.78. The van der Waals surface area contributed by atoms with Crippen molar-refractivity contribution in [2.24, 2.45) is 0 Å². The molecule has 76 valence electrons. The SMILES string of the molecule is C/C(=C/Cl)COc1ccc(Br)c(C)c1. The van der Waals surface area contributed by atoms with Gasteiger partial charge in [-0.2, -0.15) is 0 Å². The molecule has 0 aliphatic carbocycles. The molecular formula is C11H12BrClO. The van der Waals surface area contributed by atoms with Gasteiger partial charge in [0.2, 0.25) is 0 Å². The maximum absolute atomic E-state index is 5.53. The summed E-state index contributed by atoms with van der Waals surface area (Å²) < 4.78 is 6.61. The van der Waals surface area contributed by atoms with Crippen LogP contribution in [0.25, 0.3) is 0 Å². The van der Waals surface area contributed by atoms with Crippen molar-refractivity contribution in [2.75, 3.05) is 6.61 Å². The van der Waals surface area contributed by atoms with Crippen molar-refractivity contribution in [3.8, 4) is 5.75 Å². The van der Waals surface area contributed by atoms with Crippen LogP contribution in [0.4, 0.5) is 0 Å². The van der Waals surface area contributed by atoms with Crippen LogP contribution in [0, 0.1) is 6.92 Å². The van der Waals surface area contributed by atoms with E-state index in [0.717, 1.165) is 21.4 Å². The molecule has 0 bridgehead atoms. The van der Waals surface area contributed by atoms with Crippen LogP contribution in [0.5, 0.6) is 5.75 Å². The Morgan fingerprint density at radius 2 is 2.29 bits per heavy atom.